The van der Waals surface area contributed by atoms with Crippen molar-refractivity contribution in [3.8, 4) is 0 Å². The molecule has 6 nitrogen and oxygen atoms in total. The molecule has 1 unspecified atom stereocenters. The normalized spacial score (nSPS) is 12.0. The van der Waals surface area contributed by atoms with Crippen LogP contribution in [-0.2, 0) is 28.6 Å². The molecule has 0 bridgehead atoms. The third-order valence-corrected chi connectivity index (χ3v) is 14.8. The fourth-order valence-corrected chi connectivity index (χ4v) is 9.91. The summed E-state index contributed by atoms with van der Waals surface area (Å²) < 4.78 is 16.9. The number of esters is 3. The molecule has 0 rings (SSSR count). The highest BCUT2D eigenvalue weighted by Crippen LogP contribution is 2.18. The molecule has 0 aromatic heterocycles. The highest BCUT2D eigenvalue weighted by atomic mass is 16.6. The number of unbranched alkanes of at least 4 members (excludes halogenated alkanes) is 47. The number of allylic oxidation sites excluding steroid dienone is 2. The predicted octanol–water partition coefficient (Wildman–Crippen LogP) is 21.7. The van der Waals surface area contributed by atoms with Crippen LogP contribution in [0.15, 0.2) is 12.2 Å². The van der Waals surface area contributed by atoms with E-state index < -0.39 is 6.10 Å². The monoisotopic (exact) mass is 1000 g/mol. The molecule has 420 valence electrons. The highest BCUT2D eigenvalue weighted by molar-refractivity contribution is 5.71. The second-order valence-corrected chi connectivity index (χ2v) is 22.0. The first-order valence-corrected chi connectivity index (χ1v) is 32.2. The molecule has 0 aromatic carbocycles. The summed E-state index contributed by atoms with van der Waals surface area (Å²) in [4.78, 5) is 38.3. The zero-order chi connectivity index (χ0) is 51.4. The van der Waals surface area contributed by atoms with Crippen molar-refractivity contribution in [3.05, 3.63) is 12.2 Å². The van der Waals surface area contributed by atoms with E-state index in [-0.39, 0.29) is 31.1 Å². The van der Waals surface area contributed by atoms with E-state index in [1.165, 1.54) is 263 Å². The number of carbonyl (C=O) groups excluding carboxylic acids is 3. The zero-order valence-electron chi connectivity index (χ0n) is 48.3. The lowest BCUT2D eigenvalue weighted by Crippen LogP contribution is -2.30. The van der Waals surface area contributed by atoms with Gasteiger partial charge in [-0.05, 0) is 44.9 Å². The van der Waals surface area contributed by atoms with Crippen molar-refractivity contribution in [2.75, 3.05) is 13.2 Å². The SMILES string of the molecule is CCCCCCCCC/C=C\CCCCCCCC(=O)OC(COC(=O)CCCCCCCCCCCCCCCC)COC(=O)CCCCCCCCCCCCCCCCCCCCCCCCC. The van der Waals surface area contributed by atoms with E-state index in [4.69, 9.17) is 14.2 Å². The molecule has 6 heteroatoms. The molecule has 0 radical (unpaired) electrons. The Balaban J connectivity index is 4.24. The smallest absolute Gasteiger partial charge is 0.306 e. The van der Waals surface area contributed by atoms with Gasteiger partial charge in [-0.3, -0.25) is 14.4 Å². The van der Waals surface area contributed by atoms with E-state index in [2.05, 4.69) is 32.9 Å². The van der Waals surface area contributed by atoms with Crippen molar-refractivity contribution >= 4 is 17.9 Å². The number of hydrogen-bond donors (Lipinski definition) is 0. The lowest BCUT2D eigenvalue weighted by atomic mass is 10.0. The molecule has 0 amide bonds. The topological polar surface area (TPSA) is 78.9 Å². The molecule has 0 saturated heterocycles. The van der Waals surface area contributed by atoms with E-state index in [1.54, 1.807) is 0 Å². The number of rotatable bonds is 60. The van der Waals surface area contributed by atoms with Crippen molar-refractivity contribution in [1.82, 2.24) is 0 Å². The van der Waals surface area contributed by atoms with Gasteiger partial charge in [-0.2, -0.15) is 0 Å². The Kier molecular flexibility index (Phi) is 59.1. The largest absolute Gasteiger partial charge is 0.462 e. The van der Waals surface area contributed by atoms with Gasteiger partial charge in [-0.1, -0.05) is 315 Å². The molecular weight excluding hydrogens is 877 g/mol. The third-order valence-electron chi connectivity index (χ3n) is 14.8. The van der Waals surface area contributed by atoms with Crippen molar-refractivity contribution in [3.63, 3.8) is 0 Å². The van der Waals surface area contributed by atoms with Gasteiger partial charge in [-0.25, -0.2) is 0 Å². The maximum atomic E-state index is 12.9. The Labute approximate surface area is 443 Å². The summed E-state index contributed by atoms with van der Waals surface area (Å²) in [6.45, 7) is 6.71. The fourth-order valence-electron chi connectivity index (χ4n) is 9.91. The minimum absolute atomic E-state index is 0.0669. The van der Waals surface area contributed by atoms with Crippen LogP contribution in [0.1, 0.15) is 367 Å². The molecule has 71 heavy (non-hydrogen) atoms. The van der Waals surface area contributed by atoms with Crippen molar-refractivity contribution < 1.29 is 28.6 Å². The van der Waals surface area contributed by atoms with Crippen LogP contribution in [-0.4, -0.2) is 37.2 Å². The van der Waals surface area contributed by atoms with Crippen LogP contribution in [0.4, 0.5) is 0 Å². The Morgan fingerprint density at radius 3 is 0.704 bits per heavy atom. The van der Waals surface area contributed by atoms with Gasteiger partial charge in [0.2, 0.25) is 0 Å². The molecule has 0 heterocycles. The molecule has 0 saturated carbocycles. The van der Waals surface area contributed by atoms with Crippen molar-refractivity contribution in [2.45, 2.75) is 374 Å². The molecule has 0 aliphatic heterocycles. The summed E-state index contributed by atoms with van der Waals surface area (Å²) in [7, 11) is 0. The Morgan fingerprint density at radius 1 is 0.268 bits per heavy atom. The minimum Gasteiger partial charge on any atom is -0.462 e. The molecule has 0 aromatic rings. The Morgan fingerprint density at radius 2 is 0.465 bits per heavy atom. The Bertz CT molecular complexity index is 1100. The molecular formula is C65H124O6. The second kappa shape index (κ2) is 60.7. The van der Waals surface area contributed by atoms with E-state index in [0.29, 0.717) is 19.3 Å². The first-order chi connectivity index (χ1) is 35.0. The fraction of sp³-hybridized carbons (Fsp3) is 0.923. The van der Waals surface area contributed by atoms with E-state index in [0.717, 1.165) is 64.2 Å². The van der Waals surface area contributed by atoms with E-state index in [9.17, 15) is 14.4 Å². The summed E-state index contributed by atoms with van der Waals surface area (Å²) >= 11 is 0. The van der Waals surface area contributed by atoms with Gasteiger partial charge in [0, 0.05) is 19.3 Å². The molecule has 1 atom stereocenters. The highest BCUT2D eigenvalue weighted by Gasteiger charge is 2.19. The summed E-state index contributed by atoms with van der Waals surface area (Å²) in [5.41, 5.74) is 0. The van der Waals surface area contributed by atoms with Gasteiger partial charge in [0.1, 0.15) is 13.2 Å². The van der Waals surface area contributed by atoms with Gasteiger partial charge in [0.15, 0.2) is 6.10 Å². The third kappa shape index (κ3) is 58.9. The quantitative estimate of drug-likeness (QED) is 0.0261. The molecule has 0 spiro atoms. The predicted molar refractivity (Wildman–Crippen MR) is 307 cm³/mol. The van der Waals surface area contributed by atoms with E-state index >= 15 is 0 Å². The van der Waals surface area contributed by atoms with Crippen LogP contribution in [0.25, 0.3) is 0 Å². The average molecular weight is 1000 g/mol. The molecule has 0 fully saturated rings. The van der Waals surface area contributed by atoms with Gasteiger partial charge >= 0.3 is 17.9 Å². The Hall–Kier alpha value is -1.85. The summed E-state index contributed by atoms with van der Waals surface area (Å²) in [6, 6.07) is 0. The zero-order valence-corrected chi connectivity index (χ0v) is 48.3. The van der Waals surface area contributed by atoms with Gasteiger partial charge < -0.3 is 14.2 Å². The average Bonchev–Trinajstić information content (AvgIpc) is 3.37. The van der Waals surface area contributed by atoms with Gasteiger partial charge in [0.05, 0.1) is 0 Å². The lowest BCUT2D eigenvalue weighted by molar-refractivity contribution is -0.167. The number of ether oxygens (including phenoxy) is 3. The van der Waals surface area contributed by atoms with Crippen molar-refractivity contribution in [2.24, 2.45) is 0 Å². The first kappa shape index (κ1) is 69.2. The standard InChI is InChI=1S/C65H124O6/c1-4-7-10-13-16-19-22-25-28-30-31-32-33-34-35-36-38-40-43-46-49-52-55-58-64(67)70-61-62(60-69-63(66)57-54-51-48-45-42-39-27-24-21-18-15-12-9-6-3)71-65(68)59-56-53-50-47-44-41-37-29-26-23-20-17-14-11-8-5-2/h29,37,62H,4-28,30-36,38-61H2,1-3H3/b37-29-. The number of carbonyl (C=O) groups is 3. The molecule has 0 aliphatic carbocycles. The van der Waals surface area contributed by atoms with Crippen LogP contribution >= 0.6 is 0 Å². The van der Waals surface area contributed by atoms with Gasteiger partial charge in [0.25, 0.3) is 0 Å². The van der Waals surface area contributed by atoms with Crippen LogP contribution in [0, 0.1) is 0 Å². The van der Waals surface area contributed by atoms with E-state index in [1.807, 2.05) is 0 Å². The van der Waals surface area contributed by atoms with Crippen molar-refractivity contribution in [1.29, 1.82) is 0 Å². The van der Waals surface area contributed by atoms with Crippen LogP contribution in [0.2, 0.25) is 0 Å². The van der Waals surface area contributed by atoms with Crippen LogP contribution < -0.4 is 0 Å². The first-order valence-electron chi connectivity index (χ1n) is 32.2. The van der Waals surface area contributed by atoms with Gasteiger partial charge in [-0.15, -0.1) is 0 Å². The summed E-state index contributed by atoms with van der Waals surface area (Å²) in [5.74, 6) is -0.845. The number of hydrogen-bond acceptors (Lipinski definition) is 6. The maximum absolute atomic E-state index is 12.9. The minimum atomic E-state index is -0.769. The van der Waals surface area contributed by atoms with Crippen LogP contribution in [0.5, 0.6) is 0 Å². The summed E-state index contributed by atoms with van der Waals surface area (Å²) in [5, 5.41) is 0. The maximum Gasteiger partial charge on any atom is 0.306 e. The second-order valence-electron chi connectivity index (χ2n) is 22.0. The van der Waals surface area contributed by atoms with Crippen LogP contribution in [0.3, 0.4) is 0 Å². The molecule has 0 N–H and O–H groups in total. The summed E-state index contributed by atoms with van der Waals surface area (Å²) in [6.07, 6.45) is 70.8. The molecule has 0 aliphatic rings. The lowest BCUT2D eigenvalue weighted by Gasteiger charge is -2.18.